The van der Waals surface area contributed by atoms with Crippen LogP contribution >= 0.6 is 0 Å². The first-order chi connectivity index (χ1) is 11.9. The molecule has 1 heterocycles. The summed E-state index contributed by atoms with van der Waals surface area (Å²) >= 11 is 0. The summed E-state index contributed by atoms with van der Waals surface area (Å²) in [5, 5.41) is 13.0. The molecule has 1 amide bonds. The number of aryl methyl sites for hydroxylation is 1. The molecule has 0 aliphatic heterocycles. The molecule has 2 rings (SSSR count). The zero-order valence-electron chi connectivity index (χ0n) is 14.4. The van der Waals surface area contributed by atoms with Crippen molar-refractivity contribution in [3.63, 3.8) is 0 Å². The Hall–Kier alpha value is -2.74. The van der Waals surface area contributed by atoms with Crippen molar-refractivity contribution in [1.29, 1.82) is 0 Å². The van der Waals surface area contributed by atoms with Gasteiger partial charge >= 0.3 is 5.97 Å². The maximum atomic E-state index is 12.3. The van der Waals surface area contributed by atoms with E-state index < -0.39 is 5.97 Å². The fourth-order valence-electron chi connectivity index (χ4n) is 2.27. The Labute approximate surface area is 145 Å². The van der Waals surface area contributed by atoms with E-state index in [1.165, 1.54) is 11.0 Å². The number of hydrogen-bond donors (Lipinski definition) is 1. The third-order valence-electron chi connectivity index (χ3n) is 3.86. The maximum Gasteiger partial charge on any atom is 0.335 e. The lowest BCUT2D eigenvalue weighted by atomic mass is 10.0. The van der Waals surface area contributed by atoms with E-state index in [1.807, 2.05) is 0 Å². The number of amides is 1. The quantitative estimate of drug-likeness (QED) is 0.779. The number of nitrogens with zero attached hydrogens (tertiary/aromatic N) is 3. The topological polar surface area (TPSA) is 106 Å². The van der Waals surface area contributed by atoms with E-state index in [0.717, 1.165) is 0 Å². The Morgan fingerprint density at radius 1 is 1.36 bits per heavy atom. The molecule has 0 aliphatic rings. The largest absolute Gasteiger partial charge is 0.478 e. The Kier molecular flexibility index (Phi) is 6.24. The minimum absolute atomic E-state index is 0.139. The van der Waals surface area contributed by atoms with Crippen LogP contribution in [0.25, 0.3) is 0 Å². The van der Waals surface area contributed by atoms with Gasteiger partial charge in [0, 0.05) is 20.6 Å². The SMILES string of the molecule is COC(C)c1noc(CN(C)C(=O)CCc2ccccc2C(=O)O)n1. The monoisotopic (exact) mass is 347 g/mol. The molecule has 2 aromatic rings. The summed E-state index contributed by atoms with van der Waals surface area (Å²) < 4.78 is 10.2. The van der Waals surface area contributed by atoms with Crippen LogP contribution in [0.5, 0.6) is 0 Å². The fraction of sp³-hybridized carbons (Fsp3) is 0.412. The van der Waals surface area contributed by atoms with Gasteiger partial charge in [-0.05, 0) is 25.0 Å². The molecule has 134 valence electrons. The summed E-state index contributed by atoms with van der Waals surface area (Å²) in [7, 11) is 3.18. The van der Waals surface area contributed by atoms with Crippen LogP contribution < -0.4 is 0 Å². The highest BCUT2D eigenvalue weighted by Gasteiger charge is 2.17. The summed E-state index contributed by atoms with van der Waals surface area (Å²) in [6, 6.07) is 6.66. The average molecular weight is 347 g/mol. The molecule has 1 atom stereocenters. The molecule has 1 unspecified atom stereocenters. The highest BCUT2D eigenvalue weighted by Crippen LogP contribution is 2.14. The van der Waals surface area contributed by atoms with Crippen LogP contribution in [0.2, 0.25) is 0 Å². The fourth-order valence-corrected chi connectivity index (χ4v) is 2.27. The first-order valence-corrected chi connectivity index (χ1v) is 7.82. The number of benzene rings is 1. The molecule has 0 fully saturated rings. The number of carbonyl (C=O) groups is 2. The van der Waals surface area contributed by atoms with Crippen molar-refractivity contribution in [1.82, 2.24) is 15.0 Å². The van der Waals surface area contributed by atoms with Crippen LogP contribution in [-0.2, 0) is 22.5 Å². The van der Waals surface area contributed by atoms with Crippen molar-refractivity contribution in [2.24, 2.45) is 0 Å². The minimum atomic E-state index is -0.998. The number of aromatic nitrogens is 2. The third kappa shape index (κ3) is 4.87. The van der Waals surface area contributed by atoms with Crippen molar-refractivity contribution < 1.29 is 24.0 Å². The van der Waals surface area contributed by atoms with E-state index in [9.17, 15) is 9.59 Å². The second kappa shape index (κ2) is 8.39. The van der Waals surface area contributed by atoms with Gasteiger partial charge in [0.1, 0.15) is 6.10 Å². The lowest BCUT2D eigenvalue weighted by Crippen LogP contribution is -2.26. The third-order valence-corrected chi connectivity index (χ3v) is 3.86. The van der Waals surface area contributed by atoms with Gasteiger partial charge in [0.25, 0.3) is 0 Å². The first kappa shape index (κ1) is 18.6. The number of carboxylic acid groups (broad SMARTS) is 1. The van der Waals surface area contributed by atoms with Crippen molar-refractivity contribution in [3.8, 4) is 0 Å². The summed E-state index contributed by atoms with van der Waals surface area (Å²) in [6.45, 7) is 1.98. The van der Waals surface area contributed by atoms with E-state index in [-0.39, 0.29) is 30.5 Å². The van der Waals surface area contributed by atoms with Crippen molar-refractivity contribution in [3.05, 3.63) is 47.1 Å². The van der Waals surface area contributed by atoms with Crippen LogP contribution in [0.3, 0.4) is 0 Å². The van der Waals surface area contributed by atoms with Gasteiger partial charge in [-0.1, -0.05) is 23.4 Å². The highest BCUT2D eigenvalue weighted by molar-refractivity contribution is 5.89. The molecule has 0 saturated heterocycles. The maximum absolute atomic E-state index is 12.3. The predicted molar refractivity (Wildman–Crippen MR) is 87.9 cm³/mol. The van der Waals surface area contributed by atoms with Gasteiger partial charge in [0.05, 0.1) is 12.1 Å². The molecule has 0 bridgehead atoms. The first-order valence-electron chi connectivity index (χ1n) is 7.82. The van der Waals surface area contributed by atoms with Gasteiger partial charge in [-0.15, -0.1) is 0 Å². The number of ether oxygens (including phenoxy) is 1. The standard InChI is InChI=1S/C17H21N3O5/c1-11(24-3)16-18-14(25-19-16)10-20(2)15(21)9-8-12-6-4-5-7-13(12)17(22)23/h4-7,11H,8-10H2,1-3H3,(H,22,23). The minimum Gasteiger partial charge on any atom is -0.478 e. The Morgan fingerprint density at radius 2 is 2.08 bits per heavy atom. The molecule has 25 heavy (non-hydrogen) atoms. The van der Waals surface area contributed by atoms with Gasteiger partial charge < -0.3 is 19.3 Å². The van der Waals surface area contributed by atoms with E-state index in [1.54, 1.807) is 39.3 Å². The molecular weight excluding hydrogens is 326 g/mol. The van der Waals surface area contributed by atoms with Crippen LogP contribution in [0.1, 0.15) is 47.1 Å². The number of carbonyl (C=O) groups excluding carboxylic acids is 1. The Balaban J connectivity index is 1.93. The molecule has 8 nitrogen and oxygen atoms in total. The van der Waals surface area contributed by atoms with Crippen LogP contribution in [0.15, 0.2) is 28.8 Å². The number of hydrogen-bond acceptors (Lipinski definition) is 6. The van der Waals surface area contributed by atoms with E-state index >= 15 is 0 Å². The highest BCUT2D eigenvalue weighted by atomic mass is 16.5. The van der Waals surface area contributed by atoms with Gasteiger partial charge in [-0.2, -0.15) is 4.98 Å². The molecule has 1 aromatic carbocycles. The number of rotatable bonds is 8. The summed E-state index contributed by atoms with van der Waals surface area (Å²) in [5.74, 6) is -0.392. The van der Waals surface area contributed by atoms with Gasteiger partial charge in [-0.25, -0.2) is 4.79 Å². The Morgan fingerprint density at radius 3 is 2.76 bits per heavy atom. The molecular formula is C17H21N3O5. The van der Waals surface area contributed by atoms with Crippen LogP contribution in [-0.4, -0.2) is 46.2 Å². The Bertz CT molecular complexity index is 743. The van der Waals surface area contributed by atoms with Crippen molar-refractivity contribution >= 4 is 11.9 Å². The van der Waals surface area contributed by atoms with Gasteiger partial charge in [-0.3, -0.25) is 4.79 Å². The zero-order valence-corrected chi connectivity index (χ0v) is 14.4. The van der Waals surface area contributed by atoms with Gasteiger partial charge in [0.15, 0.2) is 5.82 Å². The lowest BCUT2D eigenvalue weighted by molar-refractivity contribution is -0.130. The molecule has 8 heteroatoms. The molecule has 0 saturated carbocycles. The van der Waals surface area contributed by atoms with Crippen molar-refractivity contribution in [2.75, 3.05) is 14.2 Å². The second-order valence-electron chi connectivity index (χ2n) is 5.64. The zero-order chi connectivity index (χ0) is 18.4. The molecule has 0 spiro atoms. The second-order valence-corrected chi connectivity index (χ2v) is 5.64. The molecule has 0 aliphatic carbocycles. The molecule has 1 aromatic heterocycles. The summed E-state index contributed by atoms with van der Waals surface area (Å²) in [4.78, 5) is 29.1. The van der Waals surface area contributed by atoms with E-state index in [0.29, 0.717) is 23.7 Å². The van der Waals surface area contributed by atoms with E-state index in [2.05, 4.69) is 10.1 Å². The van der Waals surface area contributed by atoms with Crippen LogP contribution in [0, 0.1) is 0 Å². The van der Waals surface area contributed by atoms with E-state index in [4.69, 9.17) is 14.4 Å². The normalized spacial score (nSPS) is 12.0. The molecule has 0 radical (unpaired) electrons. The van der Waals surface area contributed by atoms with Crippen LogP contribution in [0.4, 0.5) is 0 Å². The number of aromatic carboxylic acids is 1. The number of carboxylic acids is 1. The summed E-state index contributed by atoms with van der Waals surface area (Å²) in [6.07, 6.45) is 0.253. The average Bonchev–Trinajstić information content (AvgIpc) is 3.07. The lowest BCUT2D eigenvalue weighted by Gasteiger charge is -2.15. The number of methoxy groups -OCH3 is 1. The van der Waals surface area contributed by atoms with Crippen molar-refractivity contribution in [2.45, 2.75) is 32.4 Å². The molecule has 1 N–H and O–H groups in total. The predicted octanol–water partition coefficient (Wildman–Crippen LogP) is 2.07. The van der Waals surface area contributed by atoms with Gasteiger partial charge in [0.2, 0.25) is 11.8 Å². The smallest absolute Gasteiger partial charge is 0.335 e. The summed E-state index contributed by atoms with van der Waals surface area (Å²) in [5.41, 5.74) is 0.846.